The van der Waals surface area contributed by atoms with Crippen molar-refractivity contribution in [2.75, 3.05) is 4.90 Å². The second-order valence-electron chi connectivity index (χ2n) is 12.9. The lowest BCUT2D eigenvalue weighted by atomic mass is 9.99. The zero-order valence-electron chi connectivity index (χ0n) is 27.7. The normalized spacial score (nSPS) is 11.5. The van der Waals surface area contributed by atoms with Gasteiger partial charge in [-0.1, -0.05) is 140 Å². The van der Waals surface area contributed by atoms with E-state index in [1.165, 1.54) is 53.6 Å². The number of thiophene rings is 1. The Balaban J connectivity index is 1.12. The summed E-state index contributed by atoms with van der Waals surface area (Å²) in [4.78, 5) is 2.38. The Bertz CT molecular complexity index is 2850. The van der Waals surface area contributed by atoms with E-state index in [0.717, 1.165) is 39.0 Å². The Labute approximate surface area is 300 Å². The third-order valence-electron chi connectivity index (χ3n) is 9.89. The smallest absolute Gasteiger partial charge is 0.137 e. The van der Waals surface area contributed by atoms with Crippen LogP contribution < -0.4 is 4.90 Å². The first-order valence-corrected chi connectivity index (χ1v) is 18.1. The molecular formula is C48H31NOS. The van der Waals surface area contributed by atoms with Crippen molar-refractivity contribution in [3.8, 4) is 33.4 Å². The van der Waals surface area contributed by atoms with E-state index < -0.39 is 0 Å². The van der Waals surface area contributed by atoms with Crippen molar-refractivity contribution in [3.05, 3.63) is 188 Å². The SMILES string of the molecule is c1ccc(-c2ccc(-c3ccc(N(c4cccc(-c5cccc6c5sc5ccccc56)c4)c4cccc5oc6ccccc6c45)cc3)cc2)cc1. The third-order valence-corrected chi connectivity index (χ3v) is 11.1. The number of furan rings is 1. The number of anilines is 3. The van der Waals surface area contributed by atoms with Crippen molar-refractivity contribution < 1.29 is 4.42 Å². The molecule has 0 aliphatic carbocycles. The molecule has 0 radical (unpaired) electrons. The number of nitrogens with zero attached hydrogens (tertiary/aromatic N) is 1. The van der Waals surface area contributed by atoms with Crippen LogP contribution in [0.5, 0.6) is 0 Å². The van der Waals surface area contributed by atoms with Gasteiger partial charge in [0, 0.05) is 36.9 Å². The van der Waals surface area contributed by atoms with Crippen molar-refractivity contribution >= 4 is 70.5 Å². The van der Waals surface area contributed by atoms with Gasteiger partial charge in [0.05, 0.1) is 11.1 Å². The summed E-state index contributed by atoms with van der Waals surface area (Å²) in [6.45, 7) is 0. The van der Waals surface area contributed by atoms with Crippen molar-refractivity contribution in [2.24, 2.45) is 0 Å². The number of hydrogen-bond donors (Lipinski definition) is 0. The van der Waals surface area contributed by atoms with E-state index in [1.807, 2.05) is 23.5 Å². The summed E-state index contributed by atoms with van der Waals surface area (Å²) in [5.74, 6) is 0. The Morgan fingerprint density at radius 3 is 1.78 bits per heavy atom. The standard InChI is InChI=1S/C48H31NOS/c1-2-11-32(12-3-1)33-23-25-34(26-24-33)35-27-29-37(30-28-35)49(43-19-10-21-45-47(43)42-16-4-6-20-44(42)50-45)38-14-8-13-36(31-38)39-17-9-18-41-40-15-5-7-22-46(40)51-48(39)41/h1-31H. The molecule has 10 aromatic rings. The minimum Gasteiger partial charge on any atom is -0.456 e. The third kappa shape index (κ3) is 5.10. The Morgan fingerprint density at radius 2 is 0.980 bits per heavy atom. The number of rotatable bonds is 6. The van der Waals surface area contributed by atoms with Gasteiger partial charge in [-0.05, 0) is 81.9 Å². The molecule has 0 aliphatic heterocycles. The minimum absolute atomic E-state index is 0.875. The van der Waals surface area contributed by atoms with E-state index >= 15 is 0 Å². The van der Waals surface area contributed by atoms with Gasteiger partial charge in [-0.2, -0.15) is 0 Å². The second-order valence-corrected chi connectivity index (χ2v) is 14.0. The van der Waals surface area contributed by atoms with Crippen LogP contribution in [0.4, 0.5) is 17.1 Å². The highest BCUT2D eigenvalue weighted by atomic mass is 32.1. The molecule has 51 heavy (non-hydrogen) atoms. The summed E-state index contributed by atoms with van der Waals surface area (Å²) in [5.41, 5.74) is 12.2. The highest BCUT2D eigenvalue weighted by Crippen LogP contribution is 2.45. The fourth-order valence-electron chi connectivity index (χ4n) is 7.45. The molecule has 0 saturated heterocycles. The van der Waals surface area contributed by atoms with Crippen molar-refractivity contribution in [1.29, 1.82) is 0 Å². The van der Waals surface area contributed by atoms with Gasteiger partial charge in [-0.3, -0.25) is 0 Å². The van der Waals surface area contributed by atoms with Crippen molar-refractivity contribution in [2.45, 2.75) is 0 Å². The lowest BCUT2D eigenvalue weighted by molar-refractivity contribution is 0.669. The zero-order chi connectivity index (χ0) is 33.7. The van der Waals surface area contributed by atoms with Gasteiger partial charge in [0.15, 0.2) is 0 Å². The summed E-state index contributed by atoms with van der Waals surface area (Å²) in [6.07, 6.45) is 0. The van der Waals surface area contributed by atoms with Crippen molar-refractivity contribution in [3.63, 3.8) is 0 Å². The molecule has 240 valence electrons. The molecule has 0 spiro atoms. The average molecular weight is 670 g/mol. The Morgan fingerprint density at radius 1 is 0.392 bits per heavy atom. The van der Waals surface area contributed by atoms with Crippen LogP contribution in [0.2, 0.25) is 0 Å². The summed E-state index contributed by atoms with van der Waals surface area (Å²) in [7, 11) is 0. The Kier molecular flexibility index (Phi) is 7.04. The van der Waals surface area contributed by atoms with Gasteiger partial charge >= 0.3 is 0 Å². The predicted octanol–water partition coefficient (Wildman–Crippen LogP) is 14.4. The average Bonchev–Trinajstić information content (AvgIpc) is 3.78. The number of benzene rings is 8. The molecule has 0 bridgehead atoms. The minimum atomic E-state index is 0.875. The van der Waals surface area contributed by atoms with Crippen LogP contribution in [0.3, 0.4) is 0 Å². The Hall–Kier alpha value is -6.42. The predicted molar refractivity (Wildman–Crippen MR) is 218 cm³/mol. The maximum Gasteiger partial charge on any atom is 0.137 e. The van der Waals surface area contributed by atoms with E-state index in [0.29, 0.717) is 0 Å². The van der Waals surface area contributed by atoms with Gasteiger partial charge in [0.25, 0.3) is 0 Å². The number of para-hydroxylation sites is 1. The van der Waals surface area contributed by atoms with Crippen LogP contribution in [-0.2, 0) is 0 Å². The highest BCUT2D eigenvalue weighted by Gasteiger charge is 2.20. The first-order chi connectivity index (χ1) is 25.3. The van der Waals surface area contributed by atoms with Gasteiger partial charge in [-0.15, -0.1) is 11.3 Å². The fourth-order valence-corrected chi connectivity index (χ4v) is 8.68. The highest BCUT2D eigenvalue weighted by molar-refractivity contribution is 7.26. The molecule has 0 amide bonds. The quantitative estimate of drug-likeness (QED) is 0.175. The maximum atomic E-state index is 6.38. The first kappa shape index (κ1) is 29.5. The van der Waals surface area contributed by atoms with Crippen molar-refractivity contribution in [1.82, 2.24) is 0 Å². The zero-order valence-corrected chi connectivity index (χ0v) is 28.5. The molecule has 0 N–H and O–H groups in total. The van der Waals surface area contributed by atoms with Crippen LogP contribution in [0.1, 0.15) is 0 Å². The second kappa shape index (κ2) is 12.2. The molecule has 2 aromatic heterocycles. The summed E-state index contributed by atoms with van der Waals surface area (Å²) >= 11 is 1.87. The van der Waals surface area contributed by atoms with Crippen LogP contribution in [0, 0.1) is 0 Å². The number of hydrogen-bond acceptors (Lipinski definition) is 3. The molecule has 3 heteroatoms. The summed E-state index contributed by atoms with van der Waals surface area (Å²) in [5, 5.41) is 4.82. The lowest BCUT2D eigenvalue weighted by Gasteiger charge is -2.27. The van der Waals surface area contributed by atoms with Gasteiger partial charge < -0.3 is 9.32 Å². The van der Waals surface area contributed by atoms with E-state index in [4.69, 9.17) is 4.42 Å². The molecule has 2 heterocycles. The fraction of sp³-hybridized carbons (Fsp3) is 0. The van der Waals surface area contributed by atoms with Gasteiger partial charge in [-0.25, -0.2) is 0 Å². The maximum absolute atomic E-state index is 6.38. The lowest BCUT2D eigenvalue weighted by Crippen LogP contribution is -2.10. The molecule has 8 aromatic carbocycles. The van der Waals surface area contributed by atoms with Crippen LogP contribution in [0.15, 0.2) is 192 Å². The van der Waals surface area contributed by atoms with Crippen LogP contribution in [0.25, 0.3) is 75.5 Å². The molecule has 2 nitrogen and oxygen atoms in total. The molecule has 10 rings (SSSR count). The molecule has 0 saturated carbocycles. The van der Waals surface area contributed by atoms with Crippen LogP contribution >= 0.6 is 11.3 Å². The van der Waals surface area contributed by atoms with Crippen LogP contribution in [-0.4, -0.2) is 0 Å². The molecule has 0 aliphatic rings. The van der Waals surface area contributed by atoms with E-state index in [-0.39, 0.29) is 0 Å². The van der Waals surface area contributed by atoms with Gasteiger partial charge in [0.1, 0.15) is 11.2 Å². The molecule has 0 unspecified atom stereocenters. The summed E-state index contributed by atoms with van der Waals surface area (Å²) < 4.78 is 9.00. The number of fused-ring (bicyclic) bond motifs is 6. The topological polar surface area (TPSA) is 16.4 Å². The summed E-state index contributed by atoms with van der Waals surface area (Å²) in [6, 6.07) is 67.4. The van der Waals surface area contributed by atoms with E-state index in [2.05, 4.69) is 181 Å². The largest absolute Gasteiger partial charge is 0.456 e. The first-order valence-electron chi connectivity index (χ1n) is 17.3. The molecule has 0 fully saturated rings. The van der Waals surface area contributed by atoms with Gasteiger partial charge in [0.2, 0.25) is 0 Å². The monoisotopic (exact) mass is 669 g/mol. The van der Waals surface area contributed by atoms with E-state index in [1.54, 1.807) is 0 Å². The van der Waals surface area contributed by atoms with E-state index in [9.17, 15) is 0 Å². The molecular weight excluding hydrogens is 639 g/mol. The molecule has 0 atom stereocenters.